The second-order valence-electron chi connectivity index (χ2n) is 4.66. The highest BCUT2D eigenvalue weighted by Gasteiger charge is 2.16. The standard InChI is InChI=1S/C12H16BrNO/c1-8-7-9(13)5-6-10(8)11(15)14-12(2,3)4/h5-7H,1-4H3,(H,14,15). The predicted molar refractivity (Wildman–Crippen MR) is 66.1 cm³/mol. The van der Waals surface area contributed by atoms with Crippen molar-refractivity contribution in [1.82, 2.24) is 5.32 Å². The molecule has 0 bridgehead atoms. The van der Waals surface area contributed by atoms with Gasteiger partial charge in [-0.3, -0.25) is 4.79 Å². The van der Waals surface area contributed by atoms with Crippen molar-refractivity contribution in [3.05, 3.63) is 33.8 Å². The van der Waals surface area contributed by atoms with E-state index < -0.39 is 0 Å². The molecule has 0 aliphatic heterocycles. The maximum absolute atomic E-state index is 11.9. The molecule has 0 radical (unpaired) electrons. The minimum absolute atomic E-state index is 0.0208. The fourth-order valence-corrected chi connectivity index (χ4v) is 1.77. The van der Waals surface area contributed by atoms with Gasteiger partial charge < -0.3 is 5.32 Å². The van der Waals surface area contributed by atoms with Crippen molar-refractivity contribution in [3.8, 4) is 0 Å². The number of aryl methyl sites for hydroxylation is 1. The SMILES string of the molecule is Cc1cc(Br)ccc1C(=O)NC(C)(C)C. The Bertz CT molecular complexity index is 380. The molecule has 0 saturated heterocycles. The summed E-state index contributed by atoms with van der Waals surface area (Å²) in [6.45, 7) is 7.85. The summed E-state index contributed by atoms with van der Waals surface area (Å²) >= 11 is 3.38. The summed E-state index contributed by atoms with van der Waals surface area (Å²) in [5.41, 5.74) is 1.51. The molecule has 82 valence electrons. The van der Waals surface area contributed by atoms with E-state index in [4.69, 9.17) is 0 Å². The van der Waals surface area contributed by atoms with Gasteiger partial charge in [0.1, 0.15) is 0 Å². The van der Waals surface area contributed by atoms with Crippen LogP contribution in [0.2, 0.25) is 0 Å². The van der Waals surface area contributed by atoms with Crippen LogP contribution in [0.4, 0.5) is 0 Å². The van der Waals surface area contributed by atoms with Gasteiger partial charge in [0.2, 0.25) is 0 Å². The highest BCUT2D eigenvalue weighted by atomic mass is 79.9. The third-order valence-corrected chi connectivity index (χ3v) is 2.41. The Balaban J connectivity index is 2.92. The van der Waals surface area contributed by atoms with E-state index in [1.165, 1.54) is 0 Å². The van der Waals surface area contributed by atoms with Gasteiger partial charge in [0.25, 0.3) is 5.91 Å². The van der Waals surface area contributed by atoms with Crippen LogP contribution >= 0.6 is 15.9 Å². The molecule has 3 heteroatoms. The first-order valence-corrected chi connectivity index (χ1v) is 5.67. The lowest BCUT2D eigenvalue weighted by atomic mass is 10.1. The summed E-state index contributed by atoms with van der Waals surface area (Å²) < 4.78 is 0.993. The Kier molecular flexibility index (Phi) is 3.55. The zero-order valence-electron chi connectivity index (χ0n) is 9.52. The molecule has 0 aliphatic rings. The van der Waals surface area contributed by atoms with Gasteiger partial charge in [0.15, 0.2) is 0 Å². The van der Waals surface area contributed by atoms with Crippen LogP contribution in [0.25, 0.3) is 0 Å². The maximum atomic E-state index is 11.9. The Morgan fingerprint density at radius 3 is 2.40 bits per heavy atom. The van der Waals surface area contributed by atoms with E-state index in [1.54, 1.807) is 0 Å². The first-order chi connectivity index (χ1) is 6.79. The van der Waals surface area contributed by atoms with E-state index in [0.717, 1.165) is 15.6 Å². The molecule has 1 N–H and O–H groups in total. The summed E-state index contributed by atoms with van der Waals surface area (Å²) in [5, 5.41) is 2.94. The van der Waals surface area contributed by atoms with Gasteiger partial charge in [0.05, 0.1) is 0 Å². The number of carbonyl (C=O) groups is 1. The van der Waals surface area contributed by atoms with Crippen molar-refractivity contribution in [1.29, 1.82) is 0 Å². The van der Waals surface area contributed by atoms with Gasteiger partial charge >= 0.3 is 0 Å². The fourth-order valence-electron chi connectivity index (χ4n) is 1.29. The lowest BCUT2D eigenvalue weighted by molar-refractivity contribution is 0.0919. The number of hydrogen-bond donors (Lipinski definition) is 1. The number of benzene rings is 1. The van der Waals surface area contributed by atoms with Crippen molar-refractivity contribution in [3.63, 3.8) is 0 Å². The summed E-state index contributed by atoms with van der Waals surface area (Å²) in [6.07, 6.45) is 0. The van der Waals surface area contributed by atoms with Crippen LogP contribution in [0.3, 0.4) is 0 Å². The first-order valence-electron chi connectivity index (χ1n) is 4.88. The van der Waals surface area contributed by atoms with E-state index in [2.05, 4.69) is 21.2 Å². The molecule has 0 unspecified atom stereocenters. The van der Waals surface area contributed by atoms with Crippen LogP contribution in [-0.2, 0) is 0 Å². The van der Waals surface area contributed by atoms with E-state index in [9.17, 15) is 4.79 Å². The third kappa shape index (κ3) is 3.67. The van der Waals surface area contributed by atoms with E-state index in [1.807, 2.05) is 45.9 Å². The average molecular weight is 270 g/mol. The van der Waals surface area contributed by atoms with Gasteiger partial charge in [-0.15, -0.1) is 0 Å². The fraction of sp³-hybridized carbons (Fsp3) is 0.417. The zero-order chi connectivity index (χ0) is 11.6. The molecule has 0 spiro atoms. The van der Waals surface area contributed by atoms with Crippen LogP contribution in [0.1, 0.15) is 36.7 Å². The minimum atomic E-state index is -0.198. The summed E-state index contributed by atoms with van der Waals surface area (Å²) in [7, 11) is 0. The van der Waals surface area contributed by atoms with Crippen LogP contribution in [0.15, 0.2) is 22.7 Å². The Labute approximate surface area is 99.2 Å². The van der Waals surface area contributed by atoms with Crippen molar-refractivity contribution in [2.45, 2.75) is 33.2 Å². The van der Waals surface area contributed by atoms with Crippen molar-refractivity contribution in [2.75, 3.05) is 0 Å². The summed E-state index contributed by atoms with van der Waals surface area (Å²) in [6, 6.07) is 5.66. The Morgan fingerprint density at radius 2 is 1.93 bits per heavy atom. The molecule has 2 nitrogen and oxygen atoms in total. The minimum Gasteiger partial charge on any atom is -0.347 e. The number of halogens is 1. The molecule has 15 heavy (non-hydrogen) atoms. The van der Waals surface area contributed by atoms with Crippen molar-refractivity contribution in [2.24, 2.45) is 0 Å². The summed E-state index contributed by atoms with van der Waals surface area (Å²) in [5.74, 6) is -0.0208. The largest absolute Gasteiger partial charge is 0.347 e. The lowest BCUT2D eigenvalue weighted by Gasteiger charge is -2.21. The van der Waals surface area contributed by atoms with E-state index in [-0.39, 0.29) is 11.4 Å². The first kappa shape index (κ1) is 12.2. The molecule has 0 heterocycles. The van der Waals surface area contributed by atoms with Crippen LogP contribution in [-0.4, -0.2) is 11.4 Å². The monoisotopic (exact) mass is 269 g/mol. The highest BCUT2D eigenvalue weighted by Crippen LogP contribution is 2.16. The molecular weight excluding hydrogens is 254 g/mol. The van der Waals surface area contributed by atoms with Gasteiger partial charge in [-0.05, 0) is 51.5 Å². The molecule has 0 fully saturated rings. The van der Waals surface area contributed by atoms with Crippen LogP contribution in [0.5, 0.6) is 0 Å². The third-order valence-electron chi connectivity index (χ3n) is 1.92. The Hall–Kier alpha value is -0.830. The van der Waals surface area contributed by atoms with E-state index >= 15 is 0 Å². The number of carbonyl (C=O) groups excluding carboxylic acids is 1. The number of nitrogens with one attached hydrogen (secondary N) is 1. The topological polar surface area (TPSA) is 29.1 Å². The van der Waals surface area contributed by atoms with Crippen LogP contribution < -0.4 is 5.32 Å². The number of rotatable bonds is 1. The average Bonchev–Trinajstić information content (AvgIpc) is 1.99. The van der Waals surface area contributed by atoms with Gasteiger partial charge in [-0.2, -0.15) is 0 Å². The normalized spacial score (nSPS) is 11.3. The highest BCUT2D eigenvalue weighted by molar-refractivity contribution is 9.10. The molecule has 0 aliphatic carbocycles. The number of amides is 1. The van der Waals surface area contributed by atoms with Crippen LogP contribution in [0, 0.1) is 6.92 Å². The predicted octanol–water partition coefficient (Wildman–Crippen LogP) is 3.29. The van der Waals surface area contributed by atoms with E-state index in [0.29, 0.717) is 0 Å². The van der Waals surface area contributed by atoms with Gasteiger partial charge in [-0.1, -0.05) is 15.9 Å². The molecule has 1 aromatic rings. The zero-order valence-corrected chi connectivity index (χ0v) is 11.1. The quantitative estimate of drug-likeness (QED) is 0.833. The van der Waals surface area contributed by atoms with Crippen molar-refractivity contribution >= 4 is 21.8 Å². The lowest BCUT2D eigenvalue weighted by Crippen LogP contribution is -2.40. The second kappa shape index (κ2) is 4.35. The molecule has 1 rings (SSSR count). The van der Waals surface area contributed by atoms with Crippen molar-refractivity contribution < 1.29 is 4.79 Å². The molecule has 0 saturated carbocycles. The van der Waals surface area contributed by atoms with Gasteiger partial charge in [-0.25, -0.2) is 0 Å². The Morgan fingerprint density at radius 1 is 1.33 bits per heavy atom. The molecule has 1 amide bonds. The van der Waals surface area contributed by atoms with Gasteiger partial charge in [0, 0.05) is 15.6 Å². The molecule has 1 aromatic carbocycles. The summed E-state index contributed by atoms with van der Waals surface area (Å²) in [4.78, 5) is 11.9. The molecular formula is C12H16BrNO. The maximum Gasteiger partial charge on any atom is 0.251 e. The smallest absolute Gasteiger partial charge is 0.251 e. The molecule has 0 aromatic heterocycles. The molecule has 0 atom stereocenters. The second-order valence-corrected chi connectivity index (χ2v) is 5.58. The number of hydrogen-bond acceptors (Lipinski definition) is 1.